The average molecular weight is 455 g/mol. The normalized spacial score (nSPS) is 42.3. The molecule has 4 rings (SSSR count). The maximum atomic E-state index is 11.5. The monoisotopic (exact) mass is 454 g/mol. The zero-order valence-electron chi connectivity index (χ0n) is 22.5. The van der Waals surface area contributed by atoms with Crippen molar-refractivity contribution in [1.82, 2.24) is 0 Å². The van der Waals surface area contributed by atoms with E-state index in [4.69, 9.17) is 4.74 Å². The maximum Gasteiger partial charge on any atom is 0.302 e. The number of hydrogen-bond acceptors (Lipinski definition) is 2. The molecule has 186 valence electrons. The van der Waals surface area contributed by atoms with Gasteiger partial charge < -0.3 is 4.74 Å². The molecule has 0 aromatic heterocycles. The minimum absolute atomic E-state index is 0.108. The zero-order chi connectivity index (χ0) is 24.0. The molecule has 0 radical (unpaired) electrons. The van der Waals surface area contributed by atoms with E-state index in [1.54, 1.807) is 6.92 Å². The van der Waals surface area contributed by atoms with E-state index < -0.39 is 0 Å². The summed E-state index contributed by atoms with van der Waals surface area (Å²) in [4.78, 5) is 11.5. The van der Waals surface area contributed by atoms with Gasteiger partial charge in [0.2, 0.25) is 0 Å². The zero-order valence-corrected chi connectivity index (χ0v) is 22.5. The van der Waals surface area contributed by atoms with Crippen LogP contribution in [0.25, 0.3) is 0 Å². The number of rotatable bonds is 6. The van der Waals surface area contributed by atoms with Crippen LogP contribution in [0.1, 0.15) is 106 Å². The van der Waals surface area contributed by atoms with Crippen molar-refractivity contribution in [2.45, 2.75) is 112 Å². The maximum absolute atomic E-state index is 11.5. The molecule has 0 aliphatic heterocycles. The van der Waals surface area contributed by atoms with E-state index in [0.717, 1.165) is 36.5 Å². The number of carbonyl (C=O) groups excluding carboxylic acids is 1. The van der Waals surface area contributed by atoms with Gasteiger partial charge in [0, 0.05) is 6.92 Å². The largest absolute Gasteiger partial charge is 0.463 e. The predicted octanol–water partition coefficient (Wildman–Crippen LogP) is 8.37. The topological polar surface area (TPSA) is 26.3 Å². The third-order valence-corrected chi connectivity index (χ3v) is 11.1. The van der Waals surface area contributed by atoms with Gasteiger partial charge in [0.25, 0.3) is 0 Å². The molecule has 33 heavy (non-hydrogen) atoms. The first-order chi connectivity index (χ1) is 15.6. The summed E-state index contributed by atoms with van der Waals surface area (Å²) >= 11 is 0. The molecule has 0 spiro atoms. The molecular weight excluding hydrogens is 404 g/mol. The van der Waals surface area contributed by atoms with Gasteiger partial charge in [-0.2, -0.15) is 0 Å². The van der Waals surface area contributed by atoms with Gasteiger partial charge in [-0.25, -0.2) is 0 Å². The molecule has 0 aromatic carbocycles. The van der Waals surface area contributed by atoms with Gasteiger partial charge in [0.15, 0.2) is 0 Å². The van der Waals surface area contributed by atoms with Crippen molar-refractivity contribution in [3.63, 3.8) is 0 Å². The Labute approximate surface area is 204 Å². The van der Waals surface area contributed by atoms with E-state index in [0.29, 0.717) is 28.6 Å². The third kappa shape index (κ3) is 4.50. The molecule has 0 amide bonds. The van der Waals surface area contributed by atoms with Gasteiger partial charge in [-0.3, -0.25) is 4.79 Å². The number of carbonyl (C=O) groups is 1. The second kappa shape index (κ2) is 9.54. The Morgan fingerprint density at radius 1 is 1.06 bits per heavy atom. The van der Waals surface area contributed by atoms with E-state index in [9.17, 15) is 4.79 Å². The first kappa shape index (κ1) is 25.1. The highest BCUT2D eigenvalue weighted by Gasteiger charge is 2.58. The second-order valence-corrected chi connectivity index (χ2v) is 13.0. The summed E-state index contributed by atoms with van der Waals surface area (Å²) in [7, 11) is 0. The van der Waals surface area contributed by atoms with Crippen molar-refractivity contribution in [2.24, 2.45) is 52.3 Å². The minimum atomic E-state index is -0.108. The Kier molecular flexibility index (Phi) is 7.24. The molecule has 0 aromatic rings. The lowest BCUT2D eigenvalue weighted by atomic mass is 9.47. The Bertz CT molecular complexity index is 778. The molecule has 4 aliphatic carbocycles. The number of ether oxygens (including phenoxy) is 1. The van der Waals surface area contributed by atoms with Crippen LogP contribution in [0.5, 0.6) is 0 Å². The third-order valence-electron chi connectivity index (χ3n) is 11.1. The Morgan fingerprint density at radius 3 is 2.42 bits per heavy atom. The van der Waals surface area contributed by atoms with Crippen LogP contribution in [0.15, 0.2) is 23.8 Å². The lowest BCUT2D eigenvalue weighted by Gasteiger charge is -2.58. The molecule has 0 N–H and O–H groups in total. The van der Waals surface area contributed by atoms with E-state index in [2.05, 4.69) is 59.8 Å². The van der Waals surface area contributed by atoms with Crippen molar-refractivity contribution in [1.29, 1.82) is 0 Å². The summed E-state index contributed by atoms with van der Waals surface area (Å²) < 4.78 is 5.64. The molecule has 2 heteroatoms. The minimum Gasteiger partial charge on any atom is -0.463 e. The van der Waals surface area contributed by atoms with Gasteiger partial charge >= 0.3 is 5.97 Å². The second-order valence-electron chi connectivity index (χ2n) is 13.0. The van der Waals surface area contributed by atoms with Crippen molar-refractivity contribution in [3.8, 4) is 0 Å². The number of fused-ring (bicyclic) bond motifs is 5. The standard InChI is InChI=1S/C31H50O2/c1-8-23(20(2)3)10-9-21(4)27-13-14-28-26-12-11-24-19-25(33-22(5)32)15-17-30(24,6)29(26)16-18-31(27,28)7/h9-10,12,20-21,23-25,27-29H,8,11,13-19H2,1-7H3/b10-9+/t21-,23+,24+,25+,27-,28+,29+,30-,31+/m0/s1. The highest BCUT2D eigenvalue weighted by Crippen LogP contribution is 2.66. The molecule has 0 saturated heterocycles. The number of allylic oxidation sites excluding steroid dienone is 4. The Morgan fingerprint density at radius 2 is 1.76 bits per heavy atom. The highest BCUT2D eigenvalue weighted by atomic mass is 16.5. The fraction of sp³-hybridized carbons (Fsp3) is 0.839. The molecular formula is C31H50O2. The highest BCUT2D eigenvalue weighted by molar-refractivity contribution is 5.66. The van der Waals surface area contributed by atoms with Crippen molar-refractivity contribution in [2.75, 3.05) is 0 Å². The smallest absolute Gasteiger partial charge is 0.302 e. The number of esters is 1. The van der Waals surface area contributed by atoms with Crippen molar-refractivity contribution >= 4 is 5.97 Å². The van der Waals surface area contributed by atoms with E-state index >= 15 is 0 Å². The molecule has 3 saturated carbocycles. The van der Waals surface area contributed by atoms with Crippen molar-refractivity contribution < 1.29 is 9.53 Å². The van der Waals surface area contributed by atoms with Crippen LogP contribution in [0, 0.1) is 52.3 Å². The predicted molar refractivity (Wildman–Crippen MR) is 138 cm³/mol. The average Bonchev–Trinajstić information content (AvgIpc) is 3.11. The lowest BCUT2D eigenvalue weighted by molar-refractivity contribution is -0.152. The van der Waals surface area contributed by atoms with Crippen LogP contribution in [-0.4, -0.2) is 12.1 Å². The first-order valence-electron chi connectivity index (χ1n) is 14.2. The first-order valence-corrected chi connectivity index (χ1v) is 14.2. The SMILES string of the molecule is CC[C@H](/C=C/[C@H](C)[C@@H]1CC[C@@H]2C3=CC[C@@H]4C[C@H](OC(C)=O)CC[C@]4(C)[C@@H]3CC[C@@]21C)C(C)C. The van der Waals surface area contributed by atoms with E-state index in [-0.39, 0.29) is 12.1 Å². The fourth-order valence-electron chi connectivity index (χ4n) is 9.00. The summed E-state index contributed by atoms with van der Waals surface area (Å²) in [5, 5.41) is 0. The fourth-order valence-corrected chi connectivity index (χ4v) is 9.00. The van der Waals surface area contributed by atoms with Gasteiger partial charge in [-0.05, 0) is 110 Å². The summed E-state index contributed by atoms with van der Waals surface area (Å²) in [5.74, 6) is 5.05. The lowest BCUT2D eigenvalue weighted by Crippen LogP contribution is -2.50. The summed E-state index contributed by atoms with van der Waals surface area (Å²) in [6, 6.07) is 0. The van der Waals surface area contributed by atoms with Gasteiger partial charge in [-0.15, -0.1) is 0 Å². The van der Waals surface area contributed by atoms with Gasteiger partial charge in [0.1, 0.15) is 6.10 Å². The van der Waals surface area contributed by atoms with Crippen LogP contribution >= 0.6 is 0 Å². The molecule has 0 bridgehead atoms. The molecule has 3 fully saturated rings. The summed E-state index contributed by atoms with van der Waals surface area (Å²) in [6.45, 7) is 16.3. The van der Waals surface area contributed by atoms with Crippen LogP contribution in [0.3, 0.4) is 0 Å². The molecule has 4 aliphatic rings. The number of hydrogen-bond donors (Lipinski definition) is 0. The van der Waals surface area contributed by atoms with Crippen LogP contribution in [0.4, 0.5) is 0 Å². The summed E-state index contributed by atoms with van der Waals surface area (Å²) in [6.07, 6.45) is 19.3. The Balaban J connectivity index is 1.50. The summed E-state index contributed by atoms with van der Waals surface area (Å²) in [5.41, 5.74) is 2.70. The Hall–Kier alpha value is -1.05. The van der Waals surface area contributed by atoms with Crippen molar-refractivity contribution in [3.05, 3.63) is 23.8 Å². The van der Waals surface area contributed by atoms with E-state index in [1.807, 2.05) is 5.57 Å². The molecule has 2 nitrogen and oxygen atoms in total. The quantitative estimate of drug-likeness (QED) is 0.297. The van der Waals surface area contributed by atoms with E-state index in [1.165, 1.54) is 44.9 Å². The van der Waals surface area contributed by atoms with Crippen LogP contribution < -0.4 is 0 Å². The molecule has 0 unspecified atom stereocenters. The van der Waals surface area contributed by atoms with Crippen LogP contribution in [0.2, 0.25) is 0 Å². The van der Waals surface area contributed by atoms with Gasteiger partial charge in [-0.1, -0.05) is 65.3 Å². The van der Waals surface area contributed by atoms with Gasteiger partial charge in [0.05, 0.1) is 0 Å². The molecule has 0 heterocycles. The van der Waals surface area contributed by atoms with Crippen LogP contribution in [-0.2, 0) is 9.53 Å². The molecule has 9 atom stereocenters.